The van der Waals surface area contributed by atoms with Crippen LogP contribution in [-0.2, 0) is 11.8 Å². The first kappa shape index (κ1) is 16.5. The summed E-state index contributed by atoms with van der Waals surface area (Å²) < 4.78 is 7.54. The van der Waals surface area contributed by atoms with Gasteiger partial charge in [-0.1, -0.05) is 18.2 Å². The van der Waals surface area contributed by atoms with Gasteiger partial charge in [-0.2, -0.15) is 5.10 Å². The van der Waals surface area contributed by atoms with Crippen LogP contribution in [0.1, 0.15) is 18.5 Å². The van der Waals surface area contributed by atoms with E-state index in [0.717, 1.165) is 36.6 Å². The van der Waals surface area contributed by atoms with Crippen molar-refractivity contribution in [1.29, 1.82) is 0 Å². The lowest BCUT2D eigenvalue weighted by atomic mass is 10.2. The normalized spacial score (nSPS) is 17.8. The molecule has 24 heavy (non-hydrogen) atoms. The predicted molar refractivity (Wildman–Crippen MR) is 93.1 cm³/mol. The molecular weight excluding hydrogens is 304 g/mol. The van der Waals surface area contributed by atoms with Crippen LogP contribution in [0.4, 0.5) is 5.82 Å². The van der Waals surface area contributed by atoms with Crippen LogP contribution in [0.25, 0.3) is 0 Å². The topological polar surface area (TPSA) is 59.4 Å². The van der Waals surface area contributed by atoms with Crippen LogP contribution in [0.3, 0.4) is 0 Å². The lowest BCUT2D eigenvalue weighted by molar-refractivity contribution is -0.117. The Morgan fingerprint density at radius 1 is 1.38 bits per heavy atom. The van der Waals surface area contributed by atoms with Gasteiger partial charge in [0.05, 0.1) is 12.2 Å². The van der Waals surface area contributed by atoms with Gasteiger partial charge in [-0.05, 0) is 38.4 Å². The van der Waals surface area contributed by atoms with Gasteiger partial charge in [0.1, 0.15) is 18.2 Å². The summed E-state index contributed by atoms with van der Waals surface area (Å²) in [6.07, 6.45) is 2.16. The van der Waals surface area contributed by atoms with Crippen molar-refractivity contribution < 1.29 is 9.53 Å². The van der Waals surface area contributed by atoms with Crippen LogP contribution in [0.5, 0.6) is 5.75 Å². The molecule has 6 nitrogen and oxygen atoms in total. The summed E-state index contributed by atoms with van der Waals surface area (Å²) in [5.74, 6) is 1.59. The maximum absolute atomic E-state index is 12.3. The summed E-state index contributed by atoms with van der Waals surface area (Å²) in [7, 11) is 1.83. The van der Waals surface area contributed by atoms with Crippen molar-refractivity contribution in [3.8, 4) is 5.75 Å². The molecule has 0 spiro atoms. The van der Waals surface area contributed by atoms with E-state index < -0.39 is 0 Å². The second-order valence-electron chi connectivity index (χ2n) is 6.23. The predicted octanol–water partition coefficient (Wildman–Crippen LogP) is 2.21. The Bertz CT molecular complexity index is 684. The van der Waals surface area contributed by atoms with E-state index in [-0.39, 0.29) is 11.9 Å². The number of hydrogen-bond donors (Lipinski definition) is 1. The Balaban J connectivity index is 1.51. The van der Waals surface area contributed by atoms with E-state index in [1.54, 1.807) is 4.68 Å². The number of ether oxygens (including phenoxy) is 1. The quantitative estimate of drug-likeness (QED) is 0.883. The van der Waals surface area contributed by atoms with Crippen molar-refractivity contribution in [2.75, 3.05) is 25.0 Å². The minimum atomic E-state index is -0.00962. The third-order valence-electron chi connectivity index (χ3n) is 4.30. The summed E-state index contributed by atoms with van der Waals surface area (Å²) in [6, 6.07) is 12.0. The highest BCUT2D eigenvalue weighted by atomic mass is 16.5. The van der Waals surface area contributed by atoms with E-state index >= 15 is 0 Å². The number of anilines is 1. The molecule has 0 aliphatic carbocycles. The standard InChI is InChI=1S/C18H24N4O2/c1-14-11-17(21(2)20-14)19-18(23)12-22-10-6-7-15(22)13-24-16-8-4-3-5-9-16/h3-5,8-9,11,15H,6-7,10,12-13H2,1-2H3,(H,19,23). The Labute approximate surface area is 142 Å². The second-order valence-corrected chi connectivity index (χ2v) is 6.23. The average molecular weight is 328 g/mol. The number of nitrogens with one attached hydrogen (secondary N) is 1. The van der Waals surface area contributed by atoms with E-state index in [1.807, 2.05) is 50.4 Å². The number of aryl methyl sites for hydroxylation is 2. The van der Waals surface area contributed by atoms with Crippen molar-refractivity contribution in [1.82, 2.24) is 14.7 Å². The first-order valence-corrected chi connectivity index (χ1v) is 8.34. The van der Waals surface area contributed by atoms with Crippen molar-refractivity contribution in [2.45, 2.75) is 25.8 Å². The summed E-state index contributed by atoms with van der Waals surface area (Å²) in [6.45, 7) is 3.84. The van der Waals surface area contributed by atoms with Crippen LogP contribution < -0.4 is 10.1 Å². The molecule has 1 N–H and O–H groups in total. The minimum Gasteiger partial charge on any atom is -0.492 e. The molecule has 6 heteroatoms. The van der Waals surface area contributed by atoms with E-state index in [9.17, 15) is 4.79 Å². The molecule has 1 saturated heterocycles. The number of amides is 1. The number of rotatable bonds is 6. The highest BCUT2D eigenvalue weighted by molar-refractivity contribution is 5.91. The summed E-state index contributed by atoms with van der Waals surface area (Å²) in [5, 5.41) is 7.17. The average Bonchev–Trinajstić information content (AvgIpc) is 3.12. The largest absolute Gasteiger partial charge is 0.492 e. The maximum atomic E-state index is 12.3. The highest BCUT2D eigenvalue weighted by Crippen LogP contribution is 2.19. The van der Waals surface area contributed by atoms with Gasteiger partial charge in [0.2, 0.25) is 5.91 Å². The number of para-hydroxylation sites is 1. The molecule has 0 saturated carbocycles. The van der Waals surface area contributed by atoms with Crippen LogP contribution in [-0.4, -0.2) is 46.3 Å². The molecule has 1 aliphatic rings. The fraction of sp³-hybridized carbons (Fsp3) is 0.444. The number of likely N-dealkylation sites (tertiary alicyclic amines) is 1. The van der Waals surface area contributed by atoms with Crippen molar-refractivity contribution >= 4 is 11.7 Å². The van der Waals surface area contributed by atoms with Gasteiger partial charge < -0.3 is 10.1 Å². The van der Waals surface area contributed by atoms with E-state index in [4.69, 9.17) is 4.74 Å². The summed E-state index contributed by atoms with van der Waals surface area (Å²) in [5.41, 5.74) is 0.892. The maximum Gasteiger partial charge on any atom is 0.239 e. The Kier molecular flexibility index (Phi) is 5.15. The zero-order valence-electron chi connectivity index (χ0n) is 14.2. The van der Waals surface area contributed by atoms with Crippen molar-refractivity contribution in [3.05, 3.63) is 42.1 Å². The molecule has 1 unspecified atom stereocenters. The molecule has 1 fully saturated rings. The fourth-order valence-electron chi connectivity index (χ4n) is 3.10. The number of carbonyl (C=O) groups is 1. The smallest absolute Gasteiger partial charge is 0.239 e. The van der Waals surface area contributed by atoms with Crippen LogP contribution in [0.15, 0.2) is 36.4 Å². The Morgan fingerprint density at radius 2 is 2.17 bits per heavy atom. The van der Waals surface area contributed by atoms with Crippen molar-refractivity contribution in [3.63, 3.8) is 0 Å². The Hall–Kier alpha value is -2.34. The number of aromatic nitrogens is 2. The van der Waals surface area contributed by atoms with Crippen molar-refractivity contribution in [2.24, 2.45) is 7.05 Å². The third-order valence-corrected chi connectivity index (χ3v) is 4.30. The SMILES string of the molecule is Cc1cc(NC(=O)CN2CCCC2COc2ccccc2)n(C)n1. The highest BCUT2D eigenvalue weighted by Gasteiger charge is 2.27. The molecule has 1 aliphatic heterocycles. The molecule has 0 bridgehead atoms. The molecule has 0 radical (unpaired) electrons. The van der Waals surface area contributed by atoms with Crippen LogP contribution in [0, 0.1) is 6.92 Å². The van der Waals surface area contributed by atoms with Crippen LogP contribution in [0.2, 0.25) is 0 Å². The van der Waals surface area contributed by atoms with Gasteiger partial charge >= 0.3 is 0 Å². The monoisotopic (exact) mass is 328 g/mol. The Morgan fingerprint density at radius 3 is 2.88 bits per heavy atom. The molecule has 1 aromatic carbocycles. The number of carbonyl (C=O) groups excluding carboxylic acids is 1. The molecule has 128 valence electrons. The van der Waals surface area contributed by atoms with Crippen LogP contribution >= 0.6 is 0 Å². The number of nitrogens with zero attached hydrogens (tertiary/aromatic N) is 3. The summed E-state index contributed by atoms with van der Waals surface area (Å²) in [4.78, 5) is 14.5. The molecule has 1 atom stereocenters. The van der Waals surface area contributed by atoms with Gasteiger partial charge in [-0.3, -0.25) is 14.4 Å². The third kappa shape index (κ3) is 4.14. The lowest BCUT2D eigenvalue weighted by Crippen LogP contribution is -2.39. The van der Waals surface area contributed by atoms with Gasteiger partial charge in [-0.25, -0.2) is 0 Å². The second kappa shape index (κ2) is 7.49. The first-order valence-electron chi connectivity index (χ1n) is 8.34. The number of hydrogen-bond acceptors (Lipinski definition) is 4. The van der Waals surface area contributed by atoms with E-state index in [0.29, 0.717) is 13.2 Å². The molecule has 3 rings (SSSR count). The van der Waals surface area contributed by atoms with E-state index in [1.165, 1.54) is 0 Å². The molecular formula is C18H24N4O2. The molecule has 2 aromatic rings. The van der Waals surface area contributed by atoms with E-state index in [2.05, 4.69) is 15.3 Å². The molecule has 2 heterocycles. The fourth-order valence-corrected chi connectivity index (χ4v) is 3.10. The zero-order chi connectivity index (χ0) is 16.9. The lowest BCUT2D eigenvalue weighted by Gasteiger charge is -2.23. The zero-order valence-corrected chi connectivity index (χ0v) is 14.2. The molecule has 1 aromatic heterocycles. The minimum absolute atomic E-state index is 0.00962. The summed E-state index contributed by atoms with van der Waals surface area (Å²) >= 11 is 0. The van der Waals surface area contributed by atoms with Gasteiger partial charge in [-0.15, -0.1) is 0 Å². The van der Waals surface area contributed by atoms with Gasteiger partial charge in [0.15, 0.2) is 0 Å². The van der Waals surface area contributed by atoms with Gasteiger partial charge in [0, 0.05) is 19.2 Å². The first-order chi connectivity index (χ1) is 11.6. The number of benzene rings is 1. The van der Waals surface area contributed by atoms with Gasteiger partial charge in [0.25, 0.3) is 0 Å². The molecule has 1 amide bonds.